The first-order chi connectivity index (χ1) is 28.7. The Hall–Kier alpha value is -4.09. The van der Waals surface area contributed by atoms with Gasteiger partial charge in [0.1, 0.15) is 17.9 Å². The Morgan fingerprint density at radius 2 is 1.74 bits per heavy atom. The van der Waals surface area contributed by atoms with Gasteiger partial charge >= 0.3 is 0 Å². The number of amides is 2. The highest BCUT2D eigenvalue weighted by Gasteiger charge is 2.57. The van der Waals surface area contributed by atoms with Crippen LogP contribution in [0.4, 0.5) is 5.69 Å². The van der Waals surface area contributed by atoms with Crippen molar-refractivity contribution in [3.8, 4) is 16.9 Å². The van der Waals surface area contributed by atoms with Crippen LogP contribution in [0.3, 0.4) is 0 Å². The fraction of sp³-hybridized carbons (Fsp3) is 0.565. The maximum absolute atomic E-state index is 14.4. The molecule has 0 spiro atoms. The standard InChI is InChI=1S/C46H66N6O8S/c1-27-36-22-33(46(36,3)4)23-37(27)47-45(56)42-40(28(2)54)39(26-53)60-52(42)24-30-17-14-18-35(43(30)59-9)31-19-32(21-34(20-31)51(7)8)44(55)48-38(25-50(5)6)41(49-61(10,57)58)29-15-12-11-13-16-29/h11-21,27-28,33,36-42,49,53-54H,22-26H2,1-10H3,(H,47,56)(H,48,55)/t27-,28-,33-,36+,37-,38+,39-,40+,41?,42-/m0/s1. The van der Waals surface area contributed by atoms with Gasteiger partial charge in [0.05, 0.1) is 44.7 Å². The van der Waals surface area contributed by atoms with Crippen LogP contribution in [0.2, 0.25) is 0 Å². The Balaban J connectivity index is 1.32. The molecule has 3 aromatic rings. The van der Waals surface area contributed by atoms with Gasteiger partial charge in [-0.2, -0.15) is 5.06 Å². The number of nitrogens with one attached hydrogen (secondary N) is 3. The minimum Gasteiger partial charge on any atom is -0.496 e. The summed E-state index contributed by atoms with van der Waals surface area (Å²) in [6, 6.07) is 18.1. The highest BCUT2D eigenvalue weighted by Crippen LogP contribution is 2.61. The third-order valence-corrected chi connectivity index (χ3v) is 14.2. The molecule has 14 nitrogen and oxygen atoms in total. The fourth-order valence-electron chi connectivity index (χ4n) is 10.1. The SMILES string of the molecule is COc1c(CN2O[C@@H](CO)[C@@H]([C@H](C)O)[C@H]2C(=O)N[C@H]2C[C@@H]3C[C@H]([C@@H]2C)C3(C)C)cccc1-c1cc(C(=O)N[C@H](CN(C)C)C(NS(C)(=O)=O)c2ccccc2)cc(N(C)C)c1. The number of ether oxygens (including phenoxy) is 1. The average Bonchev–Trinajstić information content (AvgIpc) is 3.58. The summed E-state index contributed by atoms with van der Waals surface area (Å²) in [7, 11) is 5.39. The summed E-state index contributed by atoms with van der Waals surface area (Å²) in [6.07, 6.45) is 1.44. The van der Waals surface area contributed by atoms with E-state index in [4.69, 9.17) is 9.57 Å². The summed E-state index contributed by atoms with van der Waals surface area (Å²) in [6.45, 7) is 8.56. The number of para-hydroxylation sites is 1. The van der Waals surface area contributed by atoms with Crippen LogP contribution in [0.15, 0.2) is 66.7 Å². The van der Waals surface area contributed by atoms with Gasteiger partial charge in [0.2, 0.25) is 15.9 Å². The van der Waals surface area contributed by atoms with Gasteiger partial charge in [-0.3, -0.25) is 14.4 Å². The number of aliphatic hydroxyl groups is 2. The molecule has 1 heterocycles. The van der Waals surface area contributed by atoms with Gasteiger partial charge in [-0.1, -0.05) is 69.3 Å². The Bertz CT molecular complexity index is 2130. The van der Waals surface area contributed by atoms with E-state index in [1.807, 2.05) is 92.6 Å². The van der Waals surface area contributed by atoms with E-state index in [9.17, 15) is 28.2 Å². The first-order valence-corrected chi connectivity index (χ1v) is 23.1. The van der Waals surface area contributed by atoms with Crippen molar-refractivity contribution in [1.29, 1.82) is 0 Å². The smallest absolute Gasteiger partial charge is 0.251 e. The van der Waals surface area contributed by atoms with Crippen molar-refractivity contribution in [1.82, 2.24) is 25.3 Å². The van der Waals surface area contributed by atoms with E-state index in [0.717, 1.165) is 18.4 Å². The van der Waals surface area contributed by atoms with Crippen LogP contribution < -0.4 is 25.0 Å². The normalized spacial score (nSPS) is 26.2. The average molecular weight is 863 g/mol. The predicted octanol–water partition coefficient (Wildman–Crippen LogP) is 4.04. The second kappa shape index (κ2) is 18.7. The number of hydrogen-bond acceptors (Lipinski definition) is 11. The summed E-state index contributed by atoms with van der Waals surface area (Å²) >= 11 is 0. The first kappa shape index (κ1) is 46.4. The third kappa shape index (κ3) is 10.1. The number of sulfonamides is 1. The molecule has 3 aliphatic carbocycles. The molecule has 5 N–H and O–H groups in total. The van der Waals surface area contributed by atoms with Crippen LogP contribution in [-0.2, 0) is 26.2 Å². The third-order valence-electron chi connectivity index (χ3n) is 13.5. The monoisotopic (exact) mass is 862 g/mol. The number of nitrogens with zero attached hydrogens (tertiary/aromatic N) is 3. The number of anilines is 1. The lowest BCUT2D eigenvalue weighted by atomic mass is 9.45. The van der Waals surface area contributed by atoms with Gasteiger partial charge in [0.25, 0.3) is 5.91 Å². The highest BCUT2D eigenvalue weighted by molar-refractivity contribution is 7.88. The van der Waals surface area contributed by atoms with Crippen LogP contribution >= 0.6 is 0 Å². The van der Waals surface area contributed by atoms with Crippen LogP contribution in [0.5, 0.6) is 5.75 Å². The Morgan fingerprint density at radius 1 is 1.03 bits per heavy atom. The number of rotatable bonds is 17. The molecule has 15 heteroatoms. The van der Waals surface area contributed by atoms with Gasteiger partial charge in [0.15, 0.2) is 0 Å². The second-order valence-electron chi connectivity index (χ2n) is 18.5. The molecule has 3 saturated carbocycles. The zero-order chi connectivity index (χ0) is 44.6. The summed E-state index contributed by atoms with van der Waals surface area (Å²) < 4.78 is 34.1. The molecule has 4 aliphatic rings. The molecular weight excluding hydrogens is 797 g/mol. The van der Waals surface area contributed by atoms with Crippen LogP contribution in [0.1, 0.15) is 68.1 Å². The molecule has 2 bridgehead atoms. The van der Waals surface area contributed by atoms with Gasteiger partial charge in [0, 0.05) is 55.0 Å². The lowest BCUT2D eigenvalue weighted by Gasteiger charge is -2.62. The van der Waals surface area contributed by atoms with Crippen molar-refractivity contribution in [3.05, 3.63) is 83.4 Å². The van der Waals surface area contributed by atoms with Crippen LogP contribution in [0, 0.1) is 29.1 Å². The number of fused-ring (bicyclic) bond motifs is 2. The molecule has 61 heavy (non-hydrogen) atoms. The molecule has 334 valence electrons. The maximum Gasteiger partial charge on any atom is 0.251 e. The topological polar surface area (TPSA) is 173 Å². The molecular formula is C46H66N6O8S. The lowest BCUT2D eigenvalue weighted by molar-refractivity contribution is -0.183. The summed E-state index contributed by atoms with van der Waals surface area (Å²) in [4.78, 5) is 38.8. The molecule has 1 aliphatic heterocycles. The molecule has 2 amide bonds. The van der Waals surface area contributed by atoms with Gasteiger partial charge in [-0.05, 0) is 86.4 Å². The van der Waals surface area contributed by atoms with E-state index in [0.29, 0.717) is 57.9 Å². The quantitative estimate of drug-likeness (QED) is 0.133. The van der Waals surface area contributed by atoms with Gasteiger partial charge in [-0.15, -0.1) is 0 Å². The largest absolute Gasteiger partial charge is 0.496 e. The van der Waals surface area contributed by atoms with Gasteiger partial charge < -0.3 is 35.4 Å². The van der Waals surface area contributed by atoms with Crippen molar-refractivity contribution in [2.75, 3.05) is 59.6 Å². The summed E-state index contributed by atoms with van der Waals surface area (Å²) in [5, 5.41) is 29.5. The zero-order valence-electron chi connectivity index (χ0n) is 37.3. The maximum atomic E-state index is 14.4. The van der Waals surface area contributed by atoms with Crippen molar-refractivity contribution < 1.29 is 37.8 Å². The van der Waals surface area contributed by atoms with E-state index >= 15 is 0 Å². The molecule has 0 aromatic heterocycles. The number of aliphatic hydroxyl groups excluding tert-OH is 2. The molecule has 10 atom stereocenters. The van der Waals surface area contributed by atoms with E-state index < -0.39 is 52.2 Å². The second-order valence-corrected chi connectivity index (χ2v) is 20.3. The van der Waals surface area contributed by atoms with Crippen molar-refractivity contribution >= 4 is 27.5 Å². The molecule has 7 rings (SSSR count). The van der Waals surface area contributed by atoms with Crippen molar-refractivity contribution in [2.24, 2.45) is 29.1 Å². The molecule has 0 radical (unpaired) electrons. The minimum absolute atomic E-state index is 0.000477. The number of methoxy groups -OCH3 is 1. The number of carbonyl (C=O) groups excluding carboxylic acids is 2. The van der Waals surface area contributed by atoms with E-state index in [2.05, 4.69) is 36.1 Å². The van der Waals surface area contributed by atoms with Crippen LogP contribution in [0.25, 0.3) is 11.1 Å². The zero-order valence-corrected chi connectivity index (χ0v) is 38.1. The lowest BCUT2D eigenvalue weighted by Crippen LogP contribution is -2.62. The number of carbonyl (C=O) groups is 2. The van der Waals surface area contributed by atoms with Crippen LogP contribution in [-0.4, -0.2) is 125 Å². The van der Waals surface area contributed by atoms with Gasteiger partial charge in [-0.25, -0.2) is 13.1 Å². The fourth-order valence-corrected chi connectivity index (χ4v) is 10.9. The number of benzene rings is 3. The Kier molecular flexibility index (Phi) is 14.2. The highest BCUT2D eigenvalue weighted by atomic mass is 32.2. The molecule has 3 aromatic carbocycles. The molecule has 4 fully saturated rings. The molecule has 1 saturated heterocycles. The predicted molar refractivity (Wildman–Crippen MR) is 237 cm³/mol. The van der Waals surface area contributed by atoms with E-state index in [-0.39, 0.29) is 30.5 Å². The summed E-state index contributed by atoms with van der Waals surface area (Å²) in [5.74, 6) is 0.549. The summed E-state index contributed by atoms with van der Waals surface area (Å²) in [5.41, 5.74) is 4.13. The Morgan fingerprint density at radius 3 is 2.31 bits per heavy atom. The number of hydroxylamine groups is 2. The van der Waals surface area contributed by atoms with E-state index in [1.165, 1.54) is 6.42 Å². The number of hydrogen-bond donors (Lipinski definition) is 5. The van der Waals surface area contributed by atoms with Crippen molar-refractivity contribution in [3.63, 3.8) is 0 Å². The first-order valence-electron chi connectivity index (χ1n) is 21.2. The number of likely N-dealkylation sites (N-methyl/N-ethyl adjacent to an activating group) is 1. The Labute approximate surface area is 362 Å². The molecule has 1 unspecified atom stereocenters. The van der Waals surface area contributed by atoms with E-state index in [1.54, 1.807) is 31.2 Å². The minimum atomic E-state index is -3.67. The van der Waals surface area contributed by atoms with Crippen molar-refractivity contribution in [2.45, 2.75) is 83.5 Å².